The first-order valence-electron chi connectivity index (χ1n) is 7.42. The molecule has 0 unspecified atom stereocenters. The average molecular weight is 289 g/mol. The molecule has 0 saturated carbocycles. The van der Waals surface area contributed by atoms with E-state index in [0.717, 1.165) is 24.3 Å². The van der Waals surface area contributed by atoms with Gasteiger partial charge in [-0.25, -0.2) is 0 Å². The largest absolute Gasteiger partial charge is 0.352 e. The molecule has 0 aromatic heterocycles. The fraction of sp³-hybridized carbons (Fsp3) is 0.500. The van der Waals surface area contributed by atoms with E-state index in [9.17, 15) is 9.59 Å². The van der Waals surface area contributed by atoms with E-state index in [1.807, 2.05) is 38.1 Å². The Morgan fingerprint density at radius 1 is 1.24 bits per heavy atom. The molecule has 2 amide bonds. The molecule has 5 nitrogen and oxygen atoms in total. The summed E-state index contributed by atoms with van der Waals surface area (Å²) in [4.78, 5) is 23.3. The topological polar surface area (TPSA) is 70.2 Å². The summed E-state index contributed by atoms with van der Waals surface area (Å²) in [6.45, 7) is 6.13. The van der Waals surface area contributed by atoms with Gasteiger partial charge in [0.2, 0.25) is 11.8 Å². The molecule has 2 rings (SSSR count). The zero-order valence-corrected chi connectivity index (χ0v) is 12.6. The quantitative estimate of drug-likeness (QED) is 0.743. The zero-order chi connectivity index (χ0) is 15.2. The molecular formula is C16H23N3O2. The van der Waals surface area contributed by atoms with Gasteiger partial charge in [0.1, 0.15) is 0 Å². The Labute approximate surface area is 125 Å². The maximum absolute atomic E-state index is 11.7. The normalized spacial score (nSPS) is 14.6. The van der Waals surface area contributed by atoms with Crippen LogP contribution in [-0.2, 0) is 16.1 Å². The molecule has 5 heteroatoms. The van der Waals surface area contributed by atoms with Crippen molar-refractivity contribution < 1.29 is 9.59 Å². The SMILES string of the molecule is CC(C)C(=O)Nc1ccc(CNC(=O)CC2CNC2)cc1. The lowest BCUT2D eigenvalue weighted by Gasteiger charge is -2.26. The highest BCUT2D eigenvalue weighted by molar-refractivity contribution is 5.92. The third-order valence-corrected chi connectivity index (χ3v) is 3.58. The van der Waals surface area contributed by atoms with Crippen molar-refractivity contribution in [3.63, 3.8) is 0 Å². The Kier molecular flexibility index (Phi) is 5.33. The number of carbonyl (C=O) groups is 2. The molecule has 21 heavy (non-hydrogen) atoms. The number of nitrogens with one attached hydrogen (secondary N) is 3. The lowest BCUT2D eigenvalue weighted by Crippen LogP contribution is -2.44. The number of amides is 2. The standard InChI is InChI=1S/C16H23N3O2/c1-11(2)16(21)19-14-5-3-12(4-6-14)10-18-15(20)7-13-8-17-9-13/h3-6,11,13,17H,7-10H2,1-2H3,(H,18,20)(H,19,21). The van der Waals surface area contributed by atoms with Crippen LogP contribution in [0, 0.1) is 11.8 Å². The maximum Gasteiger partial charge on any atom is 0.226 e. The predicted octanol–water partition coefficient (Wildman–Crippen LogP) is 1.51. The summed E-state index contributed by atoms with van der Waals surface area (Å²) in [6.07, 6.45) is 0.593. The molecular weight excluding hydrogens is 266 g/mol. The van der Waals surface area contributed by atoms with Crippen LogP contribution in [0.5, 0.6) is 0 Å². The summed E-state index contributed by atoms with van der Waals surface area (Å²) in [6, 6.07) is 7.55. The van der Waals surface area contributed by atoms with Gasteiger partial charge < -0.3 is 16.0 Å². The van der Waals surface area contributed by atoms with Crippen LogP contribution >= 0.6 is 0 Å². The van der Waals surface area contributed by atoms with Gasteiger partial charge in [0.25, 0.3) is 0 Å². The number of hydrogen-bond donors (Lipinski definition) is 3. The van der Waals surface area contributed by atoms with Crippen molar-refractivity contribution in [3.05, 3.63) is 29.8 Å². The Hall–Kier alpha value is -1.88. The van der Waals surface area contributed by atoms with Crippen LogP contribution in [0.25, 0.3) is 0 Å². The number of benzene rings is 1. The number of anilines is 1. The molecule has 1 aliphatic rings. The lowest BCUT2D eigenvalue weighted by molar-refractivity contribution is -0.122. The van der Waals surface area contributed by atoms with Crippen LogP contribution < -0.4 is 16.0 Å². The molecule has 1 aromatic rings. The first-order chi connectivity index (χ1) is 10.0. The second-order valence-corrected chi connectivity index (χ2v) is 5.85. The second-order valence-electron chi connectivity index (χ2n) is 5.85. The van der Waals surface area contributed by atoms with Gasteiger partial charge in [-0.2, -0.15) is 0 Å². The van der Waals surface area contributed by atoms with E-state index in [-0.39, 0.29) is 17.7 Å². The number of rotatable bonds is 6. The van der Waals surface area contributed by atoms with Gasteiger partial charge in [0.05, 0.1) is 0 Å². The van der Waals surface area contributed by atoms with Gasteiger partial charge in [-0.1, -0.05) is 26.0 Å². The third kappa shape index (κ3) is 4.86. The summed E-state index contributed by atoms with van der Waals surface area (Å²) in [7, 11) is 0. The summed E-state index contributed by atoms with van der Waals surface area (Å²) in [5.41, 5.74) is 1.81. The summed E-state index contributed by atoms with van der Waals surface area (Å²) < 4.78 is 0. The Morgan fingerprint density at radius 2 is 1.90 bits per heavy atom. The van der Waals surface area contributed by atoms with Gasteiger partial charge in [0.15, 0.2) is 0 Å². The Morgan fingerprint density at radius 3 is 2.43 bits per heavy atom. The van der Waals surface area contributed by atoms with Crippen molar-refractivity contribution in [3.8, 4) is 0 Å². The number of carbonyl (C=O) groups excluding carboxylic acids is 2. The molecule has 1 aliphatic heterocycles. The first kappa shape index (κ1) is 15.5. The van der Waals surface area contributed by atoms with Crippen LogP contribution in [0.4, 0.5) is 5.69 Å². The highest BCUT2D eigenvalue weighted by atomic mass is 16.2. The molecule has 114 valence electrons. The third-order valence-electron chi connectivity index (χ3n) is 3.58. The smallest absolute Gasteiger partial charge is 0.226 e. The minimum atomic E-state index is -0.0371. The van der Waals surface area contributed by atoms with Crippen molar-refractivity contribution in [2.75, 3.05) is 18.4 Å². The fourth-order valence-electron chi connectivity index (χ4n) is 2.02. The molecule has 0 radical (unpaired) electrons. The minimum absolute atomic E-state index is 0.00478. The van der Waals surface area contributed by atoms with E-state index in [1.165, 1.54) is 0 Å². The first-order valence-corrected chi connectivity index (χ1v) is 7.42. The van der Waals surface area contributed by atoms with Gasteiger partial charge >= 0.3 is 0 Å². The Bertz CT molecular complexity index is 493. The molecule has 1 fully saturated rings. The highest BCUT2D eigenvalue weighted by Gasteiger charge is 2.19. The molecule has 1 heterocycles. The van der Waals surface area contributed by atoms with Gasteiger partial charge in [-0.05, 0) is 36.7 Å². The highest BCUT2D eigenvalue weighted by Crippen LogP contribution is 2.11. The monoisotopic (exact) mass is 289 g/mol. The van der Waals surface area contributed by atoms with Crippen molar-refractivity contribution in [2.24, 2.45) is 11.8 Å². The van der Waals surface area contributed by atoms with Crippen LogP contribution in [-0.4, -0.2) is 24.9 Å². The zero-order valence-electron chi connectivity index (χ0n) is 12.6. The van der Waals surface area contributed by atoms with Crippen LogP contribution in [0.15, 0.2) is 24.3 Å². The van der Waals surface area contributed by atoms with E-state index in [1.54, 1.807) is 0 Å². The van der Waals surface area contributed by atoms with E-state index in [0.29, 0.717) is 18.9 Å². The van der Waals surface area contributed by atoms with Gasteiger partial charge in [0, 0.05) is 24.6 Å². The molecule has 0 bridgehead atoms. The molecule has 0 spiro atoms. The van der Waals surface area contributed by atoms with E-state index in [4.69, 9.17) is 0 Å². The van der Waals surface area contributed by atoms with Crippen molar-refractivity contribution in [1.82, 2.24) is 10.6 Å². The Balaban J connectivity index is 1.76. The molecule has 0 atom stereocenters. The second kappa shape index (κ2) is 7.22. The van der Waals surface area contributed by atoms with Gasteiger partial charge in [-0.15, -0.1) is 0 Å². The van der Waals surface area contributed by atoms with Gasteiger partial charge in [-0.3, -0.25) is 9.59 Å². The van der Waals surface area contributed by atoms with Crippen LogP contribution in [0.3, 0.4) is 0 Å². The van der Waals surface area contributed by atoms with Crippen LogP contribution in [0.1, 0.15) is 25.8 Å². The van der Waals surface area contributed by atoms with E-state index < -0.39 is 0 Å². The molecule has 1 aromatic carbocycles. The maximum atomic E-state index is 11.7. The molecule has 3 N–H and O–H groups in total. The van der Waals surface area contributed by atoms with E-state index >= 15 is 0 Å². The summed E-state index contributed by atoms with van der Waals surface area (Å²) in [5.74, 6) is 0.549. The van der Waals surface area contributed by atoms with Crippen LogP contribution in [0.2, 0.25) is 0 Å². The molecule has 1 saturated heterocycles. The van der Waals surface area contributed by atoms with Crippen molar-refractivity contribution >= 4 is 17.5 Å². The lowest BCUT2D eigenvalue weighted by atomic mass is 9.99. The van der Waals surface area contributed by atoms with Crippen molar-refractivity contribution in [1.29, 1.82) is 0 Å². The van der Waals surface area contributed by atoms with Crippen molar-refractivity contribution in [2.45, 2.75) is 26.8 Å². The number of hydrogen-bond acceptors (Lipinski definition) is 3. The van der Waals surface area contributed by atoms with E-state index in [2.05, 4.69) is 16.0 Å². The summed E-state index contributed by atoms with van der Waals surface area (Å²) in [5, 5.41) is 8.92. The minimum Gasteiger partial charge on any atom is -0.352 e. The molecule has 0 aliphatic carbocycles. The summed E-state index contributed by atoms with van der Waals surface area (Å²) >= 11 is 0. The predicted molar refractivity (Wildman–Crippen MR) is 82.7 cm³/mol. The average Bonchev–Trinajstić information content (AvgIpc) is 2.42. The fourth-order valence-corrected chi connectivity index (χ4v) is 2.02.